The van der Waals surface area contributed by atoms with E-state index in [9.17, 15) is 0 Å². The first-order valence-corrected chi connectivity index (χ1v) is 10.3. The highest BCUT2D eigenvalue weighted by molar-refractivity contribution is 4.98. The van der Waals surface area contributed by atoms with E-state index in [1.807, 2.05) is 0 Å². The molecule has 0 heteroatoms. The fourth-order valence-electron chi connectivity index (χ4n) is 3.06. The summed E-state index contributed by atoms with van der Waals surface area (Å²) in [6.45, 7) is 6.88. The first-order valence-electron chi connectivity index (χ1n) is 10.3. The maximum atomic E-state index is 3.43. The lowest BCUT2D eigenvalue weighted by Crippen LogP contribution is -2.00. The Hall–Kier alpha value is -0.440. The average Bonchev–Trinajstić information content (AvgIpc) is 2.54. The SMILES string of the molecule is CCCCCCC#CCCC(CCCC)CCCCCCC. The van der Waals surface area contributed by atoms with Crippen LogP contribution in [0, 0.1) is 17.8 Å². The van der Waals surface area contributed by atoms with Crippen molar-refractivity contribution >= 4 is 0 Å². The number of unbranched alkanes of at least 4 members (excludes halogenated alkanes) is 9. The predicted molar refractivity (Wildman–Crippen MR) is 102 cm³/mol. The van der Waals surface area contributed by atoms with Gasteiger partial charge >= 0.3 is 0 Å². The molecule has 0 amide bonds. The number of rotatable bonds is 15. The van der Waals surface area contributed by atoms with E-state index < -0.39 is 0 Å². The van der Waals surface area contributed by atoms with Crippen LogP contribution >= 0.6 is 0 Å². The maximum absolute atomic E-state index is 3.43. The van der Waals surface area contributed by atoms with Gasteiger partial charge in [0.15, 0.2) is 0 Å². The second kappa shape index (κ2) is 18.6. The minimum absolute atomic E-state index is 0.941. The molecule has 0 spiro atoms. The van der Waals surface area contributed by atoms with Gasteiger partial charge in [-0.1, -0.05) is 97.8 Å². The fourth-order valence-corrected chi connectivity index (χ4v) is 3.06. The Morgan fingerprint density at radius 1 is 0.500 bits per heavy atom. The minimum atomic E-state index is 0.941. The van der Waals surface area contributed by atoms with Crippen LogP contribution in [0.15, 0.2) is 0 Å². The van der Waals surface area contributed by atoms with Gasteiger partial charge in [-0.05, 0) is 18.8 Å². The standard InChI is InChI=1S/C22H42/c1-4-7-10-12-13-14-16-18-21-22(19-9-6-3)20-17-15-11-8-5-2/h22H,4-13,15,17-21H2,1-3H3. The Balaban J connectivity index is 3.72. The monoisotopic (exact) mass is 306 g/mol. The molecular formula is C22H42. The maximum Gasteiger partial charge on any atom is 0.00913 e. The average molecular weight is 307 g/mol. The van der Waals surface area contributed by atoms with Crippen LogP contribution < -0.4 is 0 Å². The van der Waals surface area contributed by atoms with E-state index in [0.29, 0.717) is 0 Å². The highest BCUT2D eigenvalue weighted by atomic mass is 14.1. The third kappa shape index (κ3) is 15.9. The van der Waals surface area contributed by atoms with Crippen molar-refractivity contribution in [2.75, 3.05) is 0 Å². The normalized spacial score (nSPS) is 12.0. The third-order valence-electron chi connectivity index (χ3n) is 4.64. The third-order valence-corrected chi connectivity index (χ3v) is 4.64. The van der Waals surface area contributed by atoms with E-state index in [2.05, 4.69) is 32.6 Å². The van der Waals surface area contributed by atoms with Crippen molar-refractivity contribution in [1.82, 2.24) is 0 Å². The molecule has 0 fully saturated rings. The summed E-state index contributed by atoms with van der Waals surface area (Å²) in [5.41, 5.74) is 0. The van der Waals surface area contributed by atoms with Gasteiger partial charge in [0, 0.05) is 12.8 Å². The topological polar surface area (TPSA) is 0 Å². The first-order chi connectivity index (χ1) is 10.8. The zero-order chi connectivity index (χ0) is 16.3. The largest absolute Gasteiger partial charge is 0.103 e. The highest BCUT2D eigenvalue weighted by Gasteiger charge is 2.07. The molecular weight excluding hydrogens is 264 g/mol. The molecule has 0 aromatic rings. The molecule has 0 heterocycles. The van der Waals surface area contributed by atoms with Gasteiger partial charge in [0.05, 0.1) is 0 Å². The summed E-state index contributed by atoms with van der Waals surface area (Å²) in [5, 5.41) is 0. The molecule has 130 valence electrons. The van der Waals surface area contributed by atoms with Crippen molar-refractivity contribution in [2.45, 2.75) is 124 Å². The van der Waals surface area contributed by atoms with E-state index >= 15 is 0 Å². The van der Waals surface area contributed by atoms with E-state index in [4.69, 9.17) is 0 Å². The summed E-state index contributed by atoms with van der Waals surface area (Å²) >= 11 is 0. The Morgan fingerprint density at radius 2 is 1.05 bits per heavy atom. The lowest BCUT2D eigenvalue weighted by atomic mass is 9.91. The summed E-state index contributed by atoms with van der Waals surface area (Å²) in [5.74, 6) is 7.76. The van der Waals surface area contributed by atoms with Crippen LogP contribution in [-0.2, 0) is 0 Å². The molecule has 0 aliphatic rings. The Labute approximate surface area is 141 Å². The quantitative estimate of drug-likeness (QED) is 0.213. The van der Waals surface area contributed by atoms with Gasteiger partial charge in [-0.15, -0.1) is 11.8 Å². The van der Waals surface area contributed by atoms with Crippen molar-refractivity contribution in [3.05, 3.63) is 0 Å². The van der Waals surface area contributed by atoms with Gasteiger partial charge in [0.25, 0.3) is 0 Å². The molecule has 0 rings (SSSR count). The summed E-state index contributed by atoms with van der Waals surface area (Å²) in [7, 11) is 0. The molecule has 0 bridgehead atoms. The Bertz CT molecular complexity index is 255. The fraction of sp³-hybridized carbons (Fsp3) is 0.909. The van der Waals surface area contributed by atoms with Crippen molar-refractivity contribution in [3.63, 3.8) is 0 Å². The van der Waals surface area contributed by atoms with Crippen molar-refractivity contribution in [1.29, 1.82) is 0 Å². The van der Waals surface area contributed by atoms with Gasteiger partial charge < -0.3 is 0 Å². The molecule has 0 nitrogen and oxygen atoms in total. The molecule has 0 aromatic heterocycles. The number of hydrogen-bond acceptors (Lipinski definition) is 0. The van der Waals surface area contributed by atoms with Gasteiger partial charge in [0.2, 0.25) is 0 Å². The van der Waals surface area contributed by atoms with Crippen LogP contribution in [0.4, 0.5) is 0 Å². The summed E-state index contributed by atoms with van der Waals surface area (Å²) in [6.07, 6.45) is 21.7. The smallest absolute Gasteiger partial charge is 0.00913 e. The van der Waals surface area contributed by atoms with E-state index in [0.717, 1.165) is 18.8 Å². The van der Waals surface area contributed by atoms with Crippen LogP contribution in [0.25, 0.3) is 0 Å². The van der Waals surface area contributed by atoms with Crippen LogP contribution in [0.3, 0.4) is 0 Å². The van der Waals surface area contributed by atoms with Gasteiger partial charge in [0.1, 0.15) is 0 Å². The van der Waals surface area contributed by atoms with Crippen LogP contribution in [0.1, 0.15) is 124 Å². The zero-order valence-corrected chi connectivity index (χ0v) is 15.9. The molecule has 0 radical (unpaired) electrons. The molecule has 1 unspecified atom stereocenters. The van der Waals surface area contributed by atoms with Gasteiger partial charge in [-0.3, -0.25) is 0 Å². The molecule has 0 aromatic carbocycles. The summed E-state index contributed by atoms with van der Waals surface area (Å²) in [6, 6.07) is 0. The van der Waals surface area contributed by atoms with Crippen molar-refractivity contribution in [2.24, 2.45) is 5.92 Å². The lowest BCUT2D eigenvalue weighted by molar-refractivity contribution is 0.391. The molecule has 0 aliphatic heterocycles. The van der Waals surface area contributed by atoms with Crippen LogP contribution in [-0.4, -0.2) is 0 Å². The molecule has 1 atom stereocenters. The molecule has 0 N–H and O–H groups in total. The van der Waals surface area contributed by atoms with E-state index in [-0.39, 0.29) is 0 Å². The molecule has 0 saturated heterocycles. The summed E-state index contributed by atoms with van der Waals surface area (Å²) in [4.78, 5) is 0. The van der Waals surface area contributed by atoms with Crippen LogP contribution in [0.2, 0.25) is 0 Å². The zero-order valence-electron chi connectivity index (χ0n) is 15.9. The van der Waals surface area contributed by atoms with Crippen LogP contribution in [0.5, 0.6) is 0 Å². The van der Waals surface area contributed by atoms with Crippen molar-refractivity contribution < 1.29 is 0 Å². The molecule has 0 saturated carbocycles. The summed E-state index contributed by atoms with van der Waals surface area (Å²) < 4.78 is 0. The predicted octanol–water partition coefficient (Wildman–Crippen LogP) is 7.91. The molecule has 22 heavy (non-hydrogen) atoms. The van der Waals surface area contributed by atoms with Gasteiger partial charge in [-0.25, -0.2) is 0 Å². The minimum Gasteiger partial charge on any atom is -0.103 e. The van der Waals surface area contributed by atoms with Gasteiger partial charge in [-0.2, -0.15) is 0 Å². The second-order valence-electron chi connectivity index (χ2n) is 6.91. The number of hydrogen-bond donors (Lipinski definition) is 0. The lowest BCUT2D eigenvalue weighted by Gasteiger charge is -2.15. The highest BCUT2D eigenvalue weighted by Crippen LogP contribution is 2.22. The Kier molecular flexibility index (Phi) is 18.2. The van der Waals surface area contributed by atoms with E-state index in [1.54, 1.807) is 0 Å². The first kappa shape index (κ1) is 21.6. The van der Waals surface area contributed by atoms with Crippen molar-refractivity contribution in [3.8, 4) is 11.8 Å². The molecule has 0 aliphatic carbocycles. The Morgan fingerprint density at radius 3 is 1.73 bits per heavy atom. The second-order valence-corrected chi connectivity index (χ2v) is 6.91. The van der Waals surface area contributed by atoms with E-state index in [1.165, 1.54) is 89.9 Å².